The first-order valence-electron chi connectivity index (χ1n) is 8.27. The fourth-order valence-electron chi connectivity index (χ4n) is 2.71. The highest BCUT2D eigenvalue weighted by Gasteiger charge is 2.10. The van der Waals surface area contributed by atoms with Gasteiger partial charge in [0.1, 0.15) is 5.82 Å². The molecular formula is C21H14BrFN4. The van der Waals surface area contributed by atoms with Gasteiger partial charge < -0.3 is 0 Å². The number of aromatic nitrogens is 2. The monoisotopic (exact) mass is 420 g/mol. The number of hydrogen-bond donors (Lipinski definition) is 1. The molecule has 27 heavy (non-hydrogen) atoms. The van der Waals surface area contributed by atoms with Crippen molar-refractivity contribution in [2.45, 2.75) is 0 Å². The third kappa shape index (κ3) is 3.85. The molecule has 0 unspecified atom stereocenters. The van der Waals surface area contributed by atoms with Crippen LogP contribution in [0.3, 0.4) is 0 Å². The molecule has 0 bridgehead atoms. The molecule has 4 aromatic rings. The van der Waals surface area contributed by atoms with E-state index in [9.17, 15) is 4.39 Å². The summed E-state index contributed by atoms with van der Waals surface area (Å²) in [7, 11) is 0. The van der Waals surface area contributed by atoms with Gasteiger partial charge in [-0.2, -0.15) is 5.10 Å². The molecule has 132 valence electrons. The smallest absolute Gasteiger partial charge is 0.244 e. The summed E-state index contributed by atoms with van der Waals surface area (Å²) >= 11 is 3.50. The quantitative estimate of drug-likeness (QED) is 0.343. The molecule has 0 saturated carbocycles. The maximum absolute atomic E-state index is 13.7. The van der Waals surface area contributed by atoms with Gasteiger partial charge in [-0.25, -0.2) is 19.8 Å². The van der Waals surface area contributed by atoms with E-state index < -0.39 is 0 Å². The zero-order valence-corrected chi connectivity index (χ0v) is 15.7. The molecule has 0 fully saturated rings. The molecule has 1 aromatic heterocycles. The molecule has 4 nitrogen and oxygen atoms in total. The minimum atomic E-state index is -0.336. The molecule has 0 aliphatic carbocycles. The Kier molecular flexibility index (Phi) is 4.89. The molecule has 0 aliphatic rings. The van der Waals surface area contributed by atoms with Gasteiger partial charge in [-0.15, -0.1) is 0 Å². The van der Waals surface area contributed by atoms with E-state index in [1.807, 2.05) is 48.5 Å². The van der Waals surface area contributed by atoms with Gasteiger partial charge in [-0.05, 0) is 24.3 Å². The number of rotatable bonds is 4. The van der Waals surface area contributed by atoms with Gasteiger partial charge in [0.25, 0.3) is 0 Å². The Morgan fingerprint density at radius 1 is 0.926 bits per heavy atom. The Morgan fingerprint density at radius 3 is 2.52 bits per heavy atom. The normalized spacial score (nSPS) is 11.2. The van der Waals surface area contributed by atoms with Gasteiger partial charge in [-0.3, -0.25) is 0 Å². The lowest BCUT2D eigenvalue weighted by atomic mass is 10.1. The van der Waals surface area contributed by atoms with Gasteiger partial charge in [-0.1, -0.05) is 64.5 Å². The third-order valence-electron chi connectivity index (χ3n) is 3.98. The van der Waals surface area contributed by atoms with Gasteiger partial charge in [0.2, 0.25) is 5.95 Å². The van der Waals surface area contributed by atoms with Crippen molar-refractivity contribution in [3.63, 3.8) is 0 Å². The summed E-state index contributed by atoms with van der Waals surface area (Å²) in [5, 5.41) is 5.01. The number of nitrogens with zero attached hydrogens (tertiary/aromatic N) is 3. The predicted molar refractivity (Wildman–Crippen MR) is 110 cm³/mol. The van der Waals surface area contributed by atoms with Crippen LogP contribution in [0.2, 0.25) is 0 Å². The van der Waals surface area contributed by atoms with Crippen LogP contribution in [0.5, 0.6) is 0 Å². The molecule has 4 rings (SSSR count). The topological polar surface area (TPSA) is 50.2 Å². The van der Waals surface area contributed by atoms with E-state index in [4.69, 9.17) is 0 Å². The Labute approximate surface area is 163 Å². The lowest BCUT2D eigenvalue weighted by Crippen LogP contribution is -2.00. The van der Waals surface area contributed by atoms with Crippen molar-refractivity contribution in [3.05, 3.63) is 88.6 Å². The Morgan fingerprint density at radius 2 is 1.70 bits per heavy atom. The minimum absolute atomic E-state index is 0.336. The van der Waals surface area contributed by atoms with E-state index in [2.05, 4.69) is 36.4 Å². The van der Waals surface area contributed by atoms with Crippen molar-refractivity contribution in [1.29, 1.82) is 0 Å². The van der Waals surface area contributed by atoms with E-state index in [0.29, 0.717) is 11.5 Å². The van der Waals surface area contributed by atoms with Crippen molar-refractivity contribution < 1.29 is 4.39 Å². The number of hydrazone groups is 1. The number of anilines is 1. The van der Waals surface area contributed by atoms with Crippen LogP contribution in [-0.2, 0) is 0 Å². The summed E-state index contributed by atoms with van der Waals surface area (Å²) in [6, 6.07) is 22.1. The maximum atomic E-state index is 13.7. The summed E-state index contributed by atoms with van der Waals surface area (Å²) in [4.78, 5) is 9.12. The second kappa shape index (κ2) is 7.63. The first kappa shape index (κ1) is 17.3. The zero-order chi connectivity index (χ0) is 18.6. The van der Waals surface area contributed by atoms with Crippen LogP contribution in [0, 0.1) is 5.82 Å². The van der Waals surface area contributed by atoms with Crippen LogP contribution in [0.4, 0.5) is 10.3 Å². The number of benzene rings is 3. The fraction of sp³-hybridized carbons (Fsp3) is 0. The molecule has 0 amide bonds. The molecule has 0 radical (unpaired) electrons. The molecule has 0 spiro atoms. The van der Waals surface area contributed by atoms with Crippen LogP contribution in [0.25, 0.3) is 22.2 Å². The van der Waals surface area contributed by atoms with E-state index >= 15 is 0 Å². The summed E-state index contributed by atoms with van der Waals surface area (Å²) in [6.45, 7) is 0. The van der Waals surface area contributed by atoms with Crippen LogP contribution in [-0.4, -0.2) is 16.2 Å². The van der Waals surface area contributed by atoms with Crippen LogP contribution >= 0.6 is 15.9 Å². The summed E-state index contributed by atoms with van der Waals surface area (Å²) < 4.78 is 14.6. The molecule has 3 aromatic carbocycles. The Bertz CT molecular complexity index is 1130. The zero-order valence-electron chi connectivity index (χ0n) is 14.1. The van der Waals surface area contributed by atoms with Gasteiger partial charge in [0, 0.05) is 21.0 Å². The fourth-order valence-corrected chi connectivity index (χ4v) is 3.07. The highest BCUT2D eigenvalue weighted by molar-refractivity contribution is 9.10. The van der Waals surface area contributed by atoms with Gasteiger partial charge in [0.05, 0.1) is 17.4 Å². The lowest BCUT2D eigenvalue weighted by molar-refractivity contribution is 0.626. The molecule has 0 aliphatic heterocycles. The minimum Gasteiger partial charge on any atom is -0.245 e. The number of hydrogen-bond acceptors (Lipinski definition) is 4. The molecular weight excluding hydrogens is 407 g/mol. The second-order valence-electron chi connectivity index (χ2n) is 5.81. The molecule has 1 N–H and O–H groups in total. The van der Waals surface area contributed by atoms with Crippen molar-refractivity contribution >= 4 is 39.0 Å². The van der Waals surface area contributed by atoms with E-state index in [1.54, 1.807) is 18.2 Å². The summed E-state index contributed by atoms with van der Waals surface area (Å²) in [6.07, 6.45) is 1.41. The summed E-state index contributed by atoms with van der Waals surface area (Å²) in [5.41, 5.74) is 5.75. The molecule has 0 atom stereocenters. The number of nitrogens with one attached hydrogen (secondary N) is 1. The lowest BCUT2D eigenvalue weighted by Gasteiger charge is -2.09. The molecule has 1 heterocycles. The average Bonchev–Trinajstić information content (AvgIpc) is 2.70. The van der Waals surface area contributed by atoms with E-state index in [-0.39, 0.29) is 5.82 Å². The Hall–Kier alpha value is -3.12. The van der Waals surface area contributed by atoms with Crippen molar-refractivity contribution in [2.75, 3.05) is 5.43 Å². The van der Waals surface area contributed by atoms with Gasteiger partial charge >= 0.3 is 0 Å². The highest BCUT2D eigenvalue weighted by Crippen LogP contribution is 2.29. The number of fused-ring (bicyclic) bond motifs is 1. The van der Waals surface area contributed by atoms with Crippen molar-refractivity contribution in [1.82, 2.24) is 9.97 Å². The van der Waals surface area contributed by atoms with Crippen LogP contribution in [0.15, 0.2) is 82.4 Å². The Balaban J connectivity index is 1.74. The van der Waals surface area contributed by atoms with Crippen LogP contribution < -0.4 is 5.43 Å². The third-order valence-corrected chi connectivity index (χ3v) is 4.47. The number of halogens is 2. The predicted octanol–water partition coefficient (Wildman–Crippen LogP) is 5.64. The van der Waals surface area contributed by atoms with Gasteiger partial charge in [0.15, 0.2) is 0 Å². The second-order valence-corrected chi connectivity index (χ2v) is 6.73. The van der Waals surface area contributed by atoms with Crippen molar-refractivity contribution in [3.8, 4) is 11.3 Å². The maximum Gasteiger partial charge on any atom is 0.244 e. The SMILES string of the molecule is Fc1ccccc1/C=N/Nc1nc(-c2ccccc2)c2cc(Br)ccc2n1. The van der Waals surface area contributed by atoms with E-state index in [1.165, 1.54) is 12.3 Å². The summed E-state index contributed by atoms with van der Waals surface area (Å²) in [5.74, 6) is 0.00793. The van der Waals surface area contributed by atoms with E-state index in [0.717, 1.165) is 26.6 Å². The highest BCUT2D eigenvalue weighted by atomic mass is 79.9. The van der Waals surface area contributed by atoms with Crippen LogP contribution in [0.1, 0.15) is 5.56 Å². The molecule has 0 saturated heterocycles. The average molecular weight is 421 g/mol. The first-order valence-corrected chi connectivity index (χ1v) is 9.06. The molecule has 6 heteroatoms. The largest absolute Gasteiger partial charge is 0.245 e. The standard InChI is InChI=1S/C21H14BrFN4/c22-16-10-11-19-17(12-16)20(14-6-2-1-3-7-14)26-21(25-19)27-24-13-15-8-4-5-9-18(15)23/h1-13H,(H,25,26,27)/b24-13+. The van der Waals surface area contributed by atoms with Crippen molar-refractivity contribution in [2.24, 2.45) is 5.10 Å². The first-order chi connectivity index (χ1) is 13.2.